The molecule has 60 heavy (non-hydrogen) atoms. The predicted octanol–water partition coefficient (Wildman–Crippen LogP) is 16.1. The maximum Gasteiger partial charge on any atom is 0.305 e. The molecule has 0 fully saturated rings. The maximum atomic E-state index is 12.4. The molecule has 0 spiro atoms. The third-order valence-corrected chi connectivity index (χ3v) is 12.6. The van der Waals surface area contributed by atoms with Crippen LogP contribution in [-0.4, -0.2) is 47.4 Å². The van der Waals surface area contributed by atoms with Crippen molar-refractivity contribution in [3.05, 3.63) is 12.2 Å². The van der Waals surface area contributed by atoms with Crippen molar-refractivity contribution in [1.82, 2.24) is 5.32 Å². The Labute approximate surface area is 374 Å². The summed E-state index contributed by atoms with van der Waals surface area (Å²) in [6.45, 7) is 4.88. The van der Waals surface area contributed by atoms with E-state index in [0.29, 0.717) is 19.4 Å². The van der Waals surface area contributed by atoms with Gasteiger partial charge in [-0.25, -0.2) is 0 Å². The molecule has 356 valence electrons. The number of hydrogen-bond donors (Lipinski definition) is 3. The fourth-order valence-electron chi connectivity index (χ4n) is 8.40. The molecule has 0 rings (SSSR count). The molecular formula is C54H105NO5. The molecule has 0 saturated heterocycles. The number of aliphatic hydroxyl groups is 2. The maximum absolute atomic E-state index is 12.4. The van der Waals surface area contributed by atoms with Gasteiger partial charge in [0, 0.05) is 12.8 Å². The highest BCUT2D eigenvalue weighted by atomic mass is 16.5. The second kappa shape index (κ2) is 50.2. The normalized spacial score (nSPS) is 12.7. The van der Waals surface area contributed by atoms with Crippen LogP contribution in [0.15, 0.2) is 12.2 Å². The summed E-state index contributed by atoms with van der Waals surface area (Å²) in [5.41, 5.74) is 0. The van der Waals surface area contributed by atoms with Crippen molar-refractivity contribution in [3.63, 3.8) is 0 Å². The van der Waals surface area contributed by atoms with E-state index in [0.717, 1.165) is 57.8 Å². The van der Waals surface area contributed by atoms with Crippen molar-refractivity contribution >= 4 is 11.9 Å². The van der Waals surface area contributed by atoms with Crippen molar-refractivity contribution in [2.45, 2.75) is 309 Å². The van der Waals surface area contributed by atoms with E-state index < -0.39 is 12.1 Å². The van der Waals surface area contributed by atoms with Crippen molar-refractivity contribution in [1.29, 1.82) is 0 Å². The number of ether oxygens (including phenoxy) is 1. The van der Waals surface area contributed by atoms with Gasteiger partial charge in [0.2, 0.25) is 5.91 Å². The summed E-state index contributed by atoms with van der Waals surface area (Å²) in [5.74, 6) is -0.0974. The first-order chi connectivity index (χ1) is 29.5. The molecule has 0 aromatic heterocycles. The van der Waals surface area contributed by atoms with E-state index in [1.165, 1.54) is 212 Å². The second-order valence-corrected chi connectivity index (χ2v) is 18.6. The number of aliphatic hydroxyl groups excluding tert-OH is 2. The minimum atomic E-state index is -0.856. The standard InChI is InChI=1S/C54H105NO5/c1-3-5-7-9-11-13-15-17-18-19-20-21-22-24-26-30-34-38-42-46-52(57)51(50-56)55-53(58)47-43-39-35-31-27-25-29-33-37-41-45-49-60-54(59)48-44-40-36-32-28-23-16-14-12-10-8-6-4-2/h42,46,51-52,56-57H,3-41,43-45,47-50H2,1-2H3,(H,55,58)/b46-42+. The highest BCUT2D eigenvalue weighted by Crippen LogP contribution is 2.17. The van der Waals surface area contributed by atoms with Crippen LogP contribution in [-0.2, 0) is 14.3 Å². The van der Waals surface area contributed by atoms with Crippen LogP contribution in [0.25, 0.3) is 0 Å². The Kier molecular flexibility index (Phi) is 49.1. The Morgan fingerprint density at radius 3 is 1.13 bits per heavy atom. The van der Waals surface area contributed by atoms with Gasteiger partial charge in [0.1, 0.15) is 0 Å². The number of carbonyl (C=O) groups is 2. The lowest BCUT2D eigenvalue weighted by molar-refractivity contribution is -0.143. The average molecular weight is 848 g/mol. The minimum absolute atomic E-state index is 0.0133. The van der Waals surface area contributed by atoms with E-state index in [1.54, 1.807) is 6.08 Å². The van der Waals surface area contributed by atoms with Crippen molar-refractivity contribution in [3.8, 4) is 0 Å². The van der Waals surface area contributed by atoms with Crippen molar-refractivity contribution < 1.29 is 24.5 Å². The van der Waals surface area contributed by atoms with Gasteiger partial charge < -0.3 is 20.3 Å². The van der Waals surface area contributed by atoms with Crippen LogP contribution in [0.3, 0.4) is 0 Å². The van der Waals surface area contributed by atoms with E-state index in [-0.39, 0.29) is 18.5 Å². The van der Waals surface area contributed by atoms with Crippen LogP contribution in [0.5, 0.6) is 0 Å². The van der Waals surface area contributed by atoms with E-state index in [2.05, 4.69) is 19.2 Å². The van der Waals surface area contributed by atoms with E-state index >= 15 is 0 Å². The number of nitrogens with one attached hydrogen (secondary N) is 1. The van der Waals surface area contributed by atoms with Crippen LogP contribution >= 0.6 is 0 Å². The van der Waals surface area contributed by atoms with Crippen LogP contribution in [0, 0.1) is 0 Å². The molecule has 0 aliphatic carbocycles. The van der Waals surface area contributed by atoms with Gasteiger partial charge in [-0.2, -0.15) is 0 Å². The van der Waals surface area contributed by atoms with Crippen LogP contribution in [0.1, 0.15) is 296 Å². The summed E-state index contributed by atoms with van der Waals surface area (Å²) >= 11 is 0. The topological polar surface area (TPSA) is 95.9 Å². The van der Waals surface area contributed by atoms with Gasteiger partial charge in [-0.05, 0) is 32.1 Å². The minimum Gasteiger partial charge on any atom is -0.466 e. The lowest BCUT2D eigenvalue weighted by Gasteiger charge is -2.20. The third kappa shape index (κ3) is 46.1. The van der Waals surface area contributed by atoms with E-state index in [4.69, 9.17) is 4.74 Å². The third-order valence-electron chi connectivity index (χ3n) is 12.6. The van der Waals surface area contributed by atoms with Crippen LogP contribution in [0.4, 0.5) is 0 Å². The summed E-state index contributed by atoms with van der Waals surface area (Å²) in [6, 6.07) is -0.641. The Hall–Kier alpha value is -1.40. The molecule has 2 atom stereocenters. The van der Waals surface area contributed by atoms with Crippen LogP contribution < -0.4 is 5.32 Å². The lowest BCUT2D eigenvalue weighted by atomic mass is 10.0. The summed E-state index contributed by atoms with van der Waals surface area (Å²) in [6.07, 6.45) is 57.8. The highest BCUT2D eigenvalue weighted by Gasteiger charge is 2.18. The van der Waals surface area contributed by atoms with Gasteiger partial charge in [0.25, 0.3) is 0 Å². The molecule has 0 aromatic carbocycles. The number of carbonyl (C=O) groups excluding carboxylic acids is 2. The molecule has 3 N–H and O–H groups in total. The highest BCUT2D eigenvalue weighted by molar-refractivity contribution is 5.76. The predicted molar refractivity (Wildman–Crippen MR) is 260 cm³/mol. The number of allylic oxidation sites excluding steroid dienone is 1. The first-order valence-electron chi connectivity index (χ1n) is 27.0. The second-order valence-electron chi connectivity index (χ2n) is 18.6. The molecule has 2 unspecified atom stereocenters. The van der Waals surface area contributed by atoms with Crippen LogP contribution in [0.2, 0.25) is 0 Å². The average Bonchev–Trinajstić information content (AvgIpc) is 3.25. The first-order valence-corrected chi connectivity index (χ1v) is 27.0. The van der Waals surface area contributed by atoms with Gasteiger partial charge in [-0.1, -0.05) is 264 Å². The summed E-state index contributed by atoms with van der Waals surface area (Å²) < 4.78 is 5.45. The zero-order valence-corrected chi connectivity index (χ0v) is 40.5. The fourth-order valence-corrected chi connectivity index (χ4v) is 8.40. The summed E-state index contributed by atoms with van der Waals surface area (Å²) in [4.78, 5) is 24.5. The molecule has 0 aliphatic heterocycles. The Morgan fingerprint density at radius 2 is 0.767 bits per heavy atom. The van der Waals surface area contributed by atoms with Crippen molar-refractivity contribution in [2.24, 2.45) is 0 Å². The van der Waals surface area contributed by atoms with Gasteiger partial charge in [-0.3, -0.25) is 9.59 Å². The first kappa shape index (κ1) is 58.6. The number of esters is 1. The molecule has 0 aliphatic rings. The fraction of sp³-hybridized carbons (Fsp3) is 0.926. The van der Waals surface area contributed by atoms with E-state index in [1.807, 2.05) is 6.08 Å². The molecular weight excluding hydrogens is 743 g/mol. The largest absolute Gasteiger partial charge is 0.466 e. The molecule has 6 nitrogen and oxygen atoms in total. The molecule has 0 saturated carbocycles. The van der Waals surface area contributed by atoms with E-state index in [9.17, 15) is 19.8 Å². The van der Waals surface area contributed by atoms with Gasteiger partial charge >= 0.3 is 5.97 Å². The zero-order valence-electron chi connectivity index (χ0n) is 40.5. The number of rotatable bonds is 50. The zero-order chi connectivity index (χ0) is 43.7. The Balaban J connectivity index is 3.50. The van der Waals surface area contributed by atoms with Gasteiger partial charge in [-0.15, -0.1) is 0 Å². The molecule has 0 heterocycles. The number of unbranched alkanes of at least 4 members (excludes halogenated alkanes) is 39. The molecule has 0 aromatic rings. The monoisotopic (exact) mass is 848 g/mol. The summed E-state index contributed by atoms with van der Waals surface area (Å²) in [7, 11) is 0. The molecule has 1 amide bonds. The Bertz CT molecular complexity index is 893. The SMILES string of the molecule is CCCCCCCCCCCCCCCCCCC/C=C/C(O)C(CO)NC(=O)CCCCCCCCCCCCCOC(=O)CCCCCCCCCCCCCCC. The molecule has 0 radical (unpaired) electrons. The number of amides is 1. The van der Waals surface area contributed by atoms with Crippen molar-refractivity contribution in [2.75, 3.05) is 13.2 Å². The molecule has 6 heteroatoms. The van der Waals surface area contributed by atoms with Gasteiger partial charge in [0.15, 0.2) is 0 Å². The quantitative estimate of drug-likeness (QED) is 0.0322. The summed E-state index contributed by atoms with van der Waals surface area (Å²) in [5, 5.41) is 23.1. The Morgan fingerprint density at radius 1 is 0.450 bits per heavy atom. The smallest absolute Gasteiger partial charge is 0.305 e. The molecule has 0 bridgehead atoms. The number of hydrogen-bond acceptors (Lipinski definition) is 5. The lowest BCUT2D eigenvalue weighted by Crippen LogP contribution is -2.45. The van der Waals surface area contributed by atoms with Gasteiger partial charge in [0.05, 0.1) is 25.4 Å².